The first-order valence-electron chi connectivity index (χ1n) is 6.28. The first kappa shape index (κ1) is 13.1. The van der Waals surface area contributed by atoms with Crippen molar-refractivity contribution in [2.45, 2.75) is 26.4 Å². The van der Waals surface area contributed by atoms with Gasteiger partial charge in [-0.2, -0.15) is 0 Å². The molecule has 0 spiro atoms. The Bertz CT molecular complexity index is 450. The van der Waals surface area contributed by atoms with Crippen molar-refractivity contribution in [3.05, 3.63) is 52.2 Å². The van der Waals surface area contributed by atoms with Crippen LogP contribution in [0.5, 0.6) is 5.75 Å². The molecule has 1 unspecified atom stereocenters. The van der Waals surface area contributed by atoms with Gasteiger partial charge in [-0.05, 0) is 43.0 Å². The molecule has 1 N–H and O–H groups in total. The van der Waals surface area contributed by atoms with Crippen molar-refractivity contribution in [3.8, 4) is 5.75 Å². The van der Waals surface area contributed by atoms with Crippen LogP contribution in [0.4, 0.5) is 0 Å². The van der Waals surface area contributed by atoms with Crippen LogP contribution in [0.1, 0.15) is 30.3 Å². The zero-order valence-corrected chi connectivity index (χ0v) is 11.7. The maximum Gasteiger partial charge on any atom is 0.119 e. The molecular weight excluding hydrogens is 242 g/mol. The fourth-order valence-electron chi connectivity index (χ4n) is 1.78. The number of hydrogen-bond donors (Lipinski definition) is 1. The quantitative estimate of drug-likeness (QED) is 0.848. The highest BCUT2D eigenvalue weighted by Gasteiger charge is 2.05. The van der Waals surface area contributed by atoms with Gasteiger partial charge in [-0.3, -0.25) is 0 Å². The smallest absolute Gasteiger partial charge is 0.119 e. The zero-order valence-electron chi connectivity index (χ0n) is 10.8. The third-order valence-electron chi connectivity index (χ3n) is 2.82. The van der Waals surface area contributed by atoms with Gasteiger partial charge in [0.2, 0.25) is 0 Å². The maximum absolute atomic E-state index is 5.43. The van der Waals surface area contributed by atoms with Gasteiger partial charge >= 0.3 is 0 Å². The molecular formula is C15H19NOS. The van der Waals surface area contributed by atoms with E-state index in [0.717, 1.165) is 12.3 Å². The second kappa shape index (κ2) is 6.57. The minimum absolute atomic E-state index is 0.400. The SMILES string of the molecule is CCOc1ccc(CNC(C)c2cccs2)cc1. The Labute approximate surface area is 113 Å². The Balaban J connectivity index is 1.86. The maximum atomic E-state index is 5.43. The van der Waals surface area contributed by atoms with Crippen LogP contribution in [0.25, 0.3) is 0 Å². The lowest BCUT2D eigenvalue weighted by Crippen LogP contribution is -2.16. The van der Waals surface area contributed by atoms with E-state index in [1.54, 1.807) is 11.3 Å². The molecule has 0 amide bonds. The molecule has 1 heterocycles. The minimum Gasteiger partial charge on any atom is -0.494 e. The van der Waals surface area contributed by atoms with Crippen molar-refractivity contribution < 1.29 is 4.74 Å². The van der Waals surface area contributed by atoms with Gasteiger partial charge in [0.05, 0.1) is 6.61 Å². The van der Waals surface area contributed by atoms with E-state index >= 15 is 0 Å². The summed E-state index contributed by atoms with van der Waals surface area (Å²) in [6, 6.07) is 12.9. The van der Waals surface area contributed by atoms with E-state index in [9.17, 15) is 0 Å². The second-order valence-corrected chi connectivity index (χ2v) is 5.17. The standard InChI is InChI=1S/C15H19NOS/c1-3-17-14-8-6-13(7-9-14)11-16-12(2)15-5-4-10-18-15/h4-10,12,16H,3,11H2,1-2H3. The summed E-state index contributed by atoms with van der Waals surface area (Å²) < 4.78 is 5.43. The van der Waals surface area contributed by atoms with Crippen LogP contribution in [-0.4, -0.2) is 6.61 Å². The van der Waals surface area contributed by atoms with Crippen LogP contribution >= 0.6 is 11.3 Å². The van der Waals surface area contributed by atoms with Crippen LogP contribution in [-0.2, 0) is 6.54 Å². The van der Waals surface area contributed by atoms with Crippen LogP contribution < -0.4 is 10.1 Å². The molecule has 0 aliphatic rings. The average molecular weight is 261 g/mol. The van der Waals surface area contributed by atoms with E-state index < -0.39 is 0 Å². The summed E-state index contributed by atoms with van der Waals surface area (Å²) in [5.41, 5.74) is 1.28. The fourth-order valence-corrected chi connectivity index (χ4v) is 2.54. The van der Waals surface area contributed by atoms with Gasteiger partial charge in [0.15, 0.2) is 0 Å². The Kier molecular flexibility index (Phi) is 4.79. The molecule has 0 fully saturated rings. The van der Waals surface area contributed by atoms with Crippen LogP contribution in [0.2, 0.25) is 0 Å². The van der Waals surface area contributed by atoms with E-state index in [1.165, 1.54) is 10.4 Å². The van der Waals surface area contributed by atoms with Gasteiger partial charge < -0.3 is 10.1 Å². The lowest BCUT2D eigenvalue weighted by Gasteiger charge is -2.12. The van der Waals surface area contributed by atoms with Crippen molar-refractivity contribution in [3.63, 3.8) is 0 Å². The molecule has 0 saturated heterocycles. The number of rotatable bonds is 6. The third-order valence-corrected chi connectivity index (χ3v) is 3.87. The zero-order chi connectivity index (χ0) is 12.8. The van der Waals surface area contributed by atoms with Gasteiger partial charge in [-0.15, -0.1) is 11.3 Å². The second-order valence-electron chi connectivity index (χ2n) is 4.19. The Hall–Kier alpha value is -1.32. The number of thiophene rings is 1. The molecule has 1 atom stereocenters. The molecule has 1 aromatic heterocycles. The van der Waals surface area contributed by atoms with Crippen LogP contribution in [0.15, 0.2) is 41.8 Å². The largest absolute Gasteiger partial charge is 0.494 e. The normalized spacial score (nSPS) is 12.3. The highest BCUT2D eigenvalue weighted by Crippen LogP contribution is 2.19. The molecule has 3 heteroatoms. The predicted molar refractivity (Wildman–Crippen MR) is 77.2 cm³/mol. The Morgan fingerprint density at radius 3 is 2.61 bits per heavy atom. The van der Waals surface area contributed by atoms with E-state index in [4.69, 9.17) is 4.74 Å². The van der Waals surface area contributed by atoms with E-state index in [0.29, 0.717) is 12.6 Å². The third kappa shape index (κ3) is 3.59. The molecule has 1 aromatic carbocycles. The minimum atomic E-state index is 0.400. The molecule has 2 rings (SSSR count). The van der Waals surface area contributed by atoms with Gasteiger partial charge in [-0.1, -0.05) is 18.2 Å². The summed E-state index contributed by atoms with van der Waals surface area (Å²) >= 11 is 1.79. The van der Waals surface area contributed by atoms with Crippen LogP contribution in [0, 0.1) is 0 Å². The van der Waals surface area contributed by atoms with E-state index in [1.807, 2.05) is 19.1 Å². The topological polar surface area (TPSA) is 21.3 Å². The highest BCUT2D eigenvalue weighted by molar-refractivity contribution is 7.10. The molecule has 0 bridgehead atoms. The fraction of sp³-hybridized carbons (Fsp3) is 0.333. The molecule has 96 valence electrons. The Morgan fingerprint density at radius 1 is 1.22 bits per heavy atom. The molecule has 2 aromatic rings. The number of nitrogens with one attached hydrogen (secondary N) is 1. The molecule has 0 aliphatic carbocycles. The number of benzene rings is 1. The summed E-state index contributed by atoms with van der Waals surface area (Å²) in [5.74, 6) is 0.938. The highest BCUT2D eigenvalue weighted by atomic mass is 32.1. The van der Waals surface area contributed by atoms with Crippen molar-refractivity contribution in [2.24, 2.45) is 0 Å². The summed E-state index contributed by atoms with van der Waals surface area (Å²) in [4.78, 5) is 1.38. The van der Waals surface area contributed by atoms with Crippen molar-refractivity contribution in [1.29, 1.82) is 0 Å². The van der Waals surface area contributed by atoms with Gasteiger partial charge in [0, 0.05) is 17.5 Å². The van der Waals surface area contributed by atoms with Crippen molar-refractivity contribution in [1.82, 2.24) is 5.32 Å². The predicted octanol–water partition coefficient (Wildman–Crippen LogP) is 4.00. The molecule has 0 saturated carbocycles. The molecule has 0 radical (unpaired) electrons. The summed E-state index contributed by atoms with van der Waals surface area (Å²) in [7, 11) is 0. The lowest BCUT2D eigenvalue weighted by molar-refractivity contribution is 0.340. The summed E-state index contributed by atoms with van der Waals surface area (Å²) in [5, 5.41) is 5.64. The first-order valence-corrected chi connectivity index (χ1v) is 7.16. The molecule has 0 aliphatic heterocycles. The molecule has 2 nitrogen and oxygen atoms in total. The number of ether oxygens (including phenoxy) is 1. The monoisotopic (exact) mass is 261 g/mol. The first-order chi connectivity index (χ1) is 8.79. The summed E-state index contributed by atoms with van der Waals surface area (Å²) in [6.07, 6.45) is 0. The van der Waals surface area contributed by atoms with E-state index in [-0.39, 0.29) is 0 Å². The van der Waals surface area contributed by atoms with Gasteiger partial charge in [-0.25, -0.2) is 0 Å². The van der Waals surface area contributed by atoms with Crippen LogP contribution in [0.3, 0.4) is 0 Å². The summed E-state index contributed by atoms with van der Waals surface area (Å²) in [6.45, 7) is 5.79. The number of hydrogen-bond acceptors (Lipinski definition) is 3. The van der Waals surface area contributed by atoms with Gasteiger partial charge in [0.1, 0.15) is 5.75 Å². The Morgan fingerprint density at radius 2 is 2.00 bits per heavy atom. The molecule has 18 heavy (non-hydrogen) atoms. The van der Waals surface area contributed by atoms with Crippen molar-refractivity contribution in [2.75, 3.05) is 6.61 Å². The average Bonchev–Trinajstić information content (AvgIpc) is 2.92. The van der Waals surface area contributed by atoms with Gasteiger partial charge in [0.25, 0.3) is 0 Å². The lowest BCUT2D eigenvalue weighted by atomic mass is 10.2. The van der Waals surface area contributed by atoms with E-state index in [2.05, 4.69) is 41.9 Å². The van der Waals surface area contributed by atoms with Crippen molar-refractivity contribution >= 4 is 11.3 Å².